The lowest BCUT2D eigenvalue weighted by atomic mass is 9.86. The van der Waals surface area contributed by atoms with E-state index in [9.17, 15) is 96.4 Å². The zero-order valence-electron chi connectivity index (χ0n) is 87.9. The van der Waals surface area contributed by atoms with Gasteiger partial charge in [-0.3, -0.25) is 91.1 Å². The highest BCUT2D eigenvalue weighted by Gasteiger charge is 2.55. The molecule has 3 aliphatic heterocycles. The first-order valence-electron chi connectivity index (χ1n) is 50.2. The molecular weight excluding hydrogens is 1980 g/mol. The molecule has 4 rings (SSSR count). The molecule has 51 nitrogen and oxygen atoms in total. The quantitative estimate of drug-likeness (QED) is 0.0178. The number of ether oxygens (including phenoxy) is 18. The molecule has 11 N–H and O–H groups in total. The average Bonchev–Trinajstić information content (AvgIpc) is 0.777. The maximum atomic E-state index is 14.9. The molecule has 0 aromatic heterocycles. The van der Waals surface area contributed by atoms with E-state index in [-0.39, 0.29) is 192 Å². The van der Waals surface area contributed by atoms with Crippen LogP contribution in [0, 0.1) is 29.1 Å². The molecule has 16 atom stereocenters. The van der Waals surface area contributed by atoms with Crippen LogP contribution in [-0.4, -0.2) is 348 Å². The summed E-state index contributed by atoms with van der Waals surface area (Å²) >= 11 is 0. The second-order valence-corrected chi connectivity index (χ2v) is 37.9. The average molecular weight is 2130 g/mol. The number of nitriles is 1. The lowest BCUT2D eigenvalue weighted by Gasteiger charge is -2.44. The molecule has 3 saturated heterocycles. The van der Waals surface area contributed by atoms with Crippen LogP contribution < -0.4 is 58.3 Å². The summed E-state index contributed by atoms with van der Waals surface area (Å²) in [5.41, 5.74) is -1.55. The molecule has 0 spiro atoms. The summed E-state index contributed by atoms with van der Waals surface area (Å²) in [7, 11) is -1.65. The van der Waals surface area contributed by atoms with Gasteiger partial charge in [0.25, 0.3) is 8.53 Å². The fraction of sp³-hybridized carbons (Fsp3) is 0.792. The Labute approximate surface area is 864 Å². The van der Waals surface area contributed by atoms with E-state index in [4.69, 9.17) is 94.3 Å². The van der Waals surface area contributed by atoms with E-state index in [0.29, 0.717) is 83.5 Å². The normalized spacial score (nSPS) is 22.6. The van der Waals surface area contributed by atoms with Gasteiger partial charge < -0.3 is 147 Å². The van der Waals surface area contributed by atoms with E-state index in [1.165, 1.54) is 20.8 Å². The molecule has 4 aliphatic rings. The van der Waals surface area contributed by atoms with Crippen molar-refractivity contribution in [2.24, 2.45) is 17.8 Å². The van der Waals surface area contributed by atoms with Crippen molar-refractivity contribution >= 4 is 121 Å². The van der Waals surface area contributed by atoms with E-state index in [1.807, 2.05) is 0 Å². The van der Waals surface area contributed by atoms with Crippen LogP contribution in [-0.2, 0) is 185 Å². The molecule has 840 valence electrons. The number of nitrogens with zero attached hydrogens (tertiary/aromatic N) is 1. The maximum Gasteiger partial charge on any atom is 0.303 e. The molecule has 10 amide bonds. The molecule has 0 radical (unpaired) electrons. The summed E-state index contributed by atoms with van der Waals surface area (Å²) in [5.74, 6) is -11.1. The van der Waals surface area contributed by atoms with Crippen LogP contribution in [0.3, 0.4) is 0 Å². The van der Waals surface area contributed by atoms with E-state index in [2.05, 4.69) is 92.0 Å². The second-order valence-electron chi connectivity index (χ2n) is 36.7. The highest BCUT2D eigenvalue weighted by molar-refractivity contribution is 7.45. The van der Waals surface area contributed by atoms with E-state index >= 15 is 0 Å². The fourth-order valence-electron chi connectivity index (χ4n) is 16.1. The number of rotatable bonds is 71. The largest absolute Gasteiger partial charge is 0.463 e. The standard InChI is InChI=1S/C96H157N12O39P/c1-57(2)82(58(3)4)108-148(137-47-23-37-97)147-72-32-30-71(31-33-72)92(127)107-96(54-128-48-34-79(124)101-41-24-38-98-76(121)27-17-20-44-131-93-83(104-59(5)109)89(141-68(14)118)86(138-65(11)115)73(144-93)51-134-62(8)112,55-129-49-35-80(125)102-42-25-39-99-77(122)28-18-21-45-132-94-84(105-60(6)110)90(142-69(15)119)87(139-66(12)116)74(145-94)52-135-63(9)113)56-130-50-36-81(126)103-43-26-40-100-78(123)29-19-22-46-133-95-85(106-61(7)111)91(143-70(16)120)88(140-67(13)117)75(146-95)53-136-64(10)114/h57-58,71-75,82-91,93-95,108H,17-36,38-56H2,1-16H3,(H,98,121)(H,99,122)(H,100,123)(H,101,124)(H,102,125)(H,103,126)(H,104,109)(H,105,110)(H,106,111)(H,107,127). The van der Waals surface area contributed by atoms with Crippen LogP contribution in [0.25, 0.3) is 0 Å². The van der Waals surface area contributed by atoms with E-state index in [1.54, 1.807) is 0 Å². The molecule has 1 aliphatic carbocycles. The Morgan fingerprint density at radius 1 is 0.351 bits per heavy atom. The van der Waals surface area contributed by atoms with Crippen molar-refractivity contribution in [1.82, 2.24) is 58.3 Å². The van der Waals surface area contributed by atoms with Gasteiger partial charge in [0.15, 0.2) is 55.5 Å². The number of carbonyl (C=O) groups excluding carboxylic acids is 19. The minimum atomic E-state index is -1.65. The van der Waals surface area contributed by atoms with Crippen molar-refractivity contribution in [1.29, 1.82) is 5.26 Å². The van der Waals surface area contributed by atoms with Gasteiger partial charge in [-0.05, 0) is 95.3 Å². The highest BCUT2D eigenvalue weighted by atomic mass is 31.2. The van der Waals surface area contributed by atoms with Crippen molar-refractivity contribution in [3.05, 3.63) is 0 Å². The predicted octanol–water partition coefficient (Wildman–Crippen LogP) is 1.46. The summed E-state index contributed by atoms with van der Waals surface area (Å²) in [4.78, 5) is 240. The number of hydrogen-bond donors (Lipinski definition) is 11. The van der Waals surface area contributed by atoms with Gasteiger partial charge in [0, 0.05) is 193 Å². The van der Waals surface area contributed by atoms with E-state index < -0.39 is 227 Å². The lowest BCUT2D eigenvalue weighted by molar-refractivity contribution is -0.277. The van der Waals surface area contributed by atoms with Crippen LogP contribution in [0.5, 0.6) is 0 Å². The molecule has 16 unspecified atom stereocenters. The Morgan fingerprint density at radius 3 is 0.899 bits per heavy atom. The zero-order chi connectivity index (χ0) is 110. The first-order chi connectivity index (χ1) is 70.3. The van der Waals surface area contributed by atoms with Gasteiger partial charge in [-0.25, -0.2) is 5.09 Å². The van der Waals surface area contributed by atoms with Gasteiger partial charge >= 0.3 is 53.7 Å². The Morgan fingerprint density at radius 2 is 0.635 bits per heavy atom. The van der Waals surface area contributed by atoms with Crippen molar-refractivity contribution < 1.29 is 185 Å². The number of esters is 9. The number of amides is 10. The lowest BCUT2D eigenvalue weighted by Crippen LogP contribution is -2.66. The van der Waals surface area contributed by atoms with Crippen LogP contribution in [0.15, 0.2) is 0 Å². The van der Waals surface area contributed by atoms with Crippen molar-refractivity contribution in [3.63, 3.8) is 0 Å². The van der Waals surface area contributed by atoms with Gasteiger partial charge in [-0.15, -0.1) is 0 Å². The molecular formula is C96H157N12O39P. The molecule has 0 bridgehead atoms. The zero-order valence-corrected chi connectivity index (χ0v) is 88.8. The van der Waals surface area contributed by atoms with Crippen LogP contribution in [0.4, 0.5) is 0 Å². The maximum absolute atomic E-state index is 14.9. The van der Waals surface area contributed by atoms with Crippen LogP contribution in [0.1, 0.15) is 239 Å². The van der Waals surface area contributed by atoms with Crippen molar-refractivity contribution in [2.45, 2.75) is 349 Å². The molecule has 1 saturated carbocycles. The smallest absolute Gasteiger partial charge is 0.303 e. The van der Waals surface area contributed by atoms with Crippen molar-refractivity contribution in [2.75, 3.05) is 125 Å². The molecule has 3 heterocycles. The van der Waals surface area contributed by atoms with Gasteiger partial charge in [0.1, 0.15) is 61.8 Å². The number of hydrogen-bond acceptors (Lipinski definition) is 41. The molecule has 4 fully saturated rings. The minimum Gasteiger partial charge on any atom is -0.463 e. The molecule has 0 aromatic carbocycles. The van der Waals surface area contributed by atoms with Crippen LogP contribution in [0.2, 0.25) is 0 Å². The Kier molecular flexibility index (Phi) is 63.0. The fourth-order valence-corrected chi connectivity index (χ4v) is 17.9. The van der Waals surface area contributed by atoms with E-state index in [0.717, 1.165) is 62.3 Å². The third-order valence-electron chi connectivity index (χ3n) is 22.8. The molecule has 52 heteroatoms. The SMILES string of the molecule is CC(=O)NC1C(OCCCCC(=O)NCCCNC(=O)CCOCC(COCCC(=O)NCCCNC(=O)CCCCOC2OC(COC(C)=O)C(OC(C)=O)C(OC(C)=O)C2NC(C)=O)(COCCC(=O)NCCCNC(=O)CCCCOC2OC(COC(C)=O)C(OC(C)=O)C(OC(C)=O)C2NC(C)=O)NC(=O)C2CCC(OP(NC(C(C)C)C(C)C)OCCC#N)CC2)OC(COC(C)=O)C(OC(C)=O)C1OC(C)=O. The third kappa shape index (κ3) is 54.2. The summed E-state index contributed by atoms with van der Waals surface area (Å²) in [6.07, 6.45) is -11.4. The minimum absolute atomic E-state index is 0.0214. The van der Waals surface area contributed by atoms with Gasteiger partial charge in [0.05, 0.1) is 64.8 Å². The Bertz CT molecular complexity index is 3890. The second kappa shape index (κ2) is 71.9. The number of nitrogens with one attached hydrogen (secondary N) is 11. The summed E-state index contributed by atoms with van der Waals surface area (Å²) in [6, 6.07) is -1.42. The summed E-state index contributed by atoms with van der Waals surface area (Å²) in [5, 5.41) is 40.8. The molecule has 0 aromatic rings. The number of unbranched alkanes of at least 4 members (excludes halogenated alkanes) is 3. The Hall–Kier alpha value is -10.6. The molecule has 148 heavy (non-hydrogen) atoms. The summed E-state index contributed by atoms with van der Waals surface area (Å²) < 4.78 is 116. The highest BCUT2D eigenvalue weighted by Crippen LogP contribution is 2.43. The Balaban J connectivity index is 1.44. The third-order valence-corrected chi connectivity index (χ3v) is 24.2. The van der Waals surface area contributed by atoms with Crippen molar-refractivity contribution in [3.8, 4) is 6.07 Å². The van der Waals surface area contributed by atoms with Gasteiger partial charge in [-0.2, -0.15) is 5.26 Å². The first kappa shape index (κ1) is 130. The number of carbonyl (C=O) groups is 19. The topological polar surface area (TPSA) is 665 Å². The summed E-state index contributed by atoms with van der Waals surface area (Å²) in [6.45, 7) is 20.3. The predicted molar refractivity (Wildman–Crippen MR) is 517 cm³/mol. The monoisotopic (exact) mass is 2130 g/mol. The first-order valence-corrected chi connectivity index (χ1v) is 51.4. The van der Waals surface area contributed by atoms with Gasteiger partial charge in [-0.1, -0.05) is 27.7 Å². The van der Waals surface area contributed by atoms with Gasteiger partial charge in [0.2, 0.25) is 59.1 Å². The van der Waals surface area contributed by atoms with Crippen LogP contribution >= 0.6 is 8.53 Å².